The van der Waals surface area contributed by atoms with Crippen molar-refractivity contribution in [3.8, 4) is 11.5 Å². The number of hydrogen-bond donors (Lipinski definition) is 0. The highest BCUT2D eigenvalue weighted by Crippen LogP contribution is 2.25. The van der Waals surface area contributed by atoms with Gasteiger partial charge in [-0.25, -0.2) is 4.79 Å². The van der Waals surface area contributed by atoms with Crippen LogP contribution in [0.1, 0.15) is 37.6 Å². The quantitative estimate of drug-likeness (QED) is 0.815. The fourth-order valence-electron chi connectivity index (χ4n) is 2.88. The van der Waals surface area contributed by atoms with Gasteiger partial charge in [-0.05, 0) is 62.6 Å². The molecule has 0 fully saturated rings. The summed E-state index contributed by atoms with van der Waals surface area (Å²) < 4.78 is 16.5. The van der Waals surface area contributed by atoms with Crippen LogP contribution in [0.4, 0.5) is 4.79 Å². The lowest BCUT2D eigenvalue weighted by atomic mass is 10.00. The van der Waals surface area contributed by atoms with Crippen molar-refractivity contribution in [2.24, 2.45) is 0 Å². The molecule has 0 spiro atoms. The smallest absolute Gasteiger partial charge is 0.410 e. The zero-order valence-electron chi connectivity index (χ0n) is 16.3. The monoisotopic (exact) mass is 370 g/mol. The standard InChI is InChI=1S/C21H26N2O4/c1-21(2,3)27-20(24)23-10-9-15-5-7-18(11-16(15)13-23)26-14-17-6-8-19(25-4)12-22-17/h5-8,11-12H,9-10,13-14H2,1-4H3. The second-order valence-corrected chi connectivity index (χ2v) is 7.56. The topological polar surface area (TPSA) is 60.9 Å². The van der Waals surface area contributed by atoms with E-state index in [9.17, 15) is 4.79 Å². The van der Waals surface area contributed by atoms with E-state index in [1.807, 2.05) is 45.0 Å². The van der Waals surface area contributed by atoms with E-state index in [0.717, 1.165) is 29.2 Å². The first-order valence-corrected chi connectivity index (χ1v) is 9.05. The van der Waals surface area contributed by atoms with Gasteiger partial charge < -0.3 is 19.1 Å². The summed E-state index contributed by atoms with van der Waals surface area (Å²) in [4.78, 5) is 18.4. The molecule has 1 aliphatic rings. The third-order valence-electron chi connectivity index (χ3n) is 4.26. The normalized spacial score (nSPS) is 13.7. The zero-order valence-corrected chi connectivity index (χ0v) is 16.3. The second-order valence-electron chi connectivity index (χ2n) is 7.56. The number of nitrogens with zero attached hydrogens (tertiary/aromatic N) is 2. The summed E-state index contributed by atoms with van der Waals surface area (Å²) in [7, 11) is 1.61. The SMILES string of the molecule is COc1ccc(COc2ccc3c(c2)CN(C(=O)OC(C)(C)C)CC3)nc1. The van der Waals surface area contributed by atoms with Crippen LogP contribution in [0.15, 0.2) is 36.5 Å². The lowest BCUT2D eigenvalue weighted by molar-refractivity contribution is 0.0223. The Kier molecular flexibility index (Phi) is 5.54. The highest BCUT2D eigenvalue weighted by Gasteiger charge is 2.25. The Hall–Kier alpha value is -2.76. The minimum absolute atomic E-state index is 0.276. The molecule has 0 unspecified atom stereocenters. The van der Waals surface area contributed by atoms with Crippen LogP contribution in [-0.4, -0.2) is 35.2 Å². The number of aromatic nitrogens is 1. The van der Waals surface area contributed by atoms with E-state index in [1.165, 1.54) is 5.56 Å². The van der Waals surface area contributed by atoms with Crippen LogP contribution in [0.5, 0.6) is 11.5 Å². The summed E-state index contributed by atoms with van der Waals surface area (Å²) in [6.07, 6.45) is 2.21. The van der Waals surface area contributed by atoms with Gasteiger partial charge in [0.1, 0.15) is 23.7 Å². The van der Waals surface area contributed by atoms with Gasteiger partial charge in [0, 0.05) is 13.1 Å². The van der Waals surface area contributed by atoms with Crippen LogP contribution in [0.3, 0.4) is 0 Å². The van der Waals surface area contributed by atoms with Crippen LogP contribution in [0.2, 0.25) is 0 Å². The number of carbonyl (C=O) groups is 1. The van der Waals surface area contributed by atoms with Crippen molar-refractivity contribution in [2.75, 3.05) is 13.7 Å². The molecule has 0 bridgehead atoms. The van der Waals surface area contributed by atoms with Gasteiger partial charge >= 0.3 is 6.09 Å². The summed E-state index contributed by atoms with van der Waals surface area (Å²) in [6, 6.07) is 9.76. The Morgan fingerprint density at radius 1 is 1.15 bits per heavy atom. The highest BCUT2D eigenvalue weighted by atomic mass is 16.6. The van der Waals surface area contributed by atoms with Crippen LogP contribution in [0.25, 0.3) is 0 Å². The number of pyridine rings is 1. The van der Waals surface area contributed by atoms with E-state index in [1.54, 1.807) is 18.2 Å². The molecule has 144 valence electrons. The van der Waals surface area contributed by atoms with Crippen molar-refractivity contribution in [1.29, 1.82) is 0 Å². The van der Waals surface area contributed by atoms with Gasteiger partial charge in [0.05, 0.1) is 19.0 Å². The third kappa shape index (κ3) is 5.12. The van der Waals surface area contributed by atoms with E-state index in [0.29, 0.717) is 19.7 Å². The van der Waals surface area contributed by atoms with Gasteiger partial charge in [-0.2, -0.15) is 0 Å². The van der Waals surface area contributed by atoms with Gasteiger partial charge in [0.2, 0.25) is 0 Å². The van der Waals surface area contributed by atoms with Crippen molar-refractivity contribution >= 4 is 6.09 Å². The molecule has 0 saturated carbocycles. The summed E-state index contributed by atoms with van der Waals surface area (Å²) in [5, 5.41) is 0. The number of benzene rings is 1. The fourth-order valence-corrected chi connectivity index (χ4v) is 2.88. The first kappa shape index (κ1) is 19.0. The fraction of sp³-hybridized carbons (Fsp3) is 0.429. The van der Waals surface area contributed by atoms with Gasteiger partial charge in [-0.15, -0.1) is 0 Å². The molecule has 0 atom stereocenters. The molecule has 0 saturated heterocycles. The Morgan fingerprint density at radius 3 is 2.59 bits per heavy atom. The minimum Gasteiger partial charge on any atom is -0.495 e. The maximum Gasteiger partial charge on any atom is 0.410 e. The van der Waals surface area contributed by atoms with E-state index in [-0.39, 0.29) is 6.09 Å². The Morgan fingerprint density at radius 2 is 1.93 bits per heavy atom. The molecule has 0 radical (unpaired) electrons. The van der Waals surface area contributed by atoms with Crippen molar-refractivity contribution in [3.05, 3.63) is 53.3 Å². The number of hydrogen-bond acceptors (Lipinski definition) is 5. The highest BCUT2D eigenvalue weighted by molar-refractivity contribution is 5.68. The lowest BCUT2D eigenvalue weighted by Crippen LogP contribution is -2.39. The molecule has 6 nitrogen and oxygen atoms in total. The van der Waals surface area contributed by atoms with Crippen LogP contribution in [0, 0.1) is 0 Å². The average Bonchev–Trinajstić information content (AvgIpc) is 2.64. The van der Waals surface area contributed by atoms with E-state index in [2.05, 4.69) is 11.1 Å². The molecule has 1 aromatic heterocycles. The molecule has 2 heterocycles. The molecule has 0 N–H and O–H groups in total. The number of ether oxygens (including phenoxy) is 3. The Labute approximate surface area is 160 Å². The van der Waals surface area contributed by atoms with E-state index < -0.39 is 5.60 Å². The summed E-state index contributed by atoms with van der Waals surface area (Å²) in [6.45, 7) is 7.20. The van der Waals surface area contributed by atoms with E-state index in [4.69, 9.17) is 14.2 Å². The number of fused-ring (bicyclic) bond motifs is 1. The van der Waals surface area contributed by atoms with Crippen molar-refractivity contribution < 1.29 is 19.0 Å². The first-order valence-electron chi connectivity index (χ1n) is 9.05. The first-order chi connectivity index (χ1) is 12.8. The average molecular weight is 370 g/mol. The molecule has 6 heteroatoms. The van der Waals surface area contributed by atoms with Crippen molar-refractivity contribution in [3.63, 3.8) is 0 Å². The van der Waals surface area contributed by atoms with Crippen LogP contribution in [-0.2, 0) is 24.3 Å². The second kappa shape index (κ2) is 7.86. The Balaban J connectivity index is 1.63. The summed E-state index contributed by atoms with van der Waals surface area (Å²) >= 11 is 0. The summed E-state index contributed by atoms with van der Waals surface area (Å²) in [5.74, 6) is 1.48. The van der Waals surface area contributed by atoms with Crippen molar-refractivity contribution in [2.45, 2.75) is 45.9 Å². The minimum atomic E-state index is -0.492. The zero-order chi connectivity index (χ0) is 19.4. The molecular formula is C21H26N2O4. The predicted octanol–water partition coefficient (Wildman–Crippen LogP) is 3.96. The number of amides is 1. The van der Waals surface area contributed by atoms with Gasteiger partial charge in [-0.1, -0.05) is 6.07 Å². The number of rotatable bonds is 4. The summed E-state index contributed by atoms with van der Waals surface area (Å²) in [5.41, 5.74) is 2.66. The molecule has 2 aromatic rings. The molecule has 3 rings (SSSR count). The van der Waals surface area contributed by atoms with Gasteiger partial charge in [0.15, 0.2) is 0 Å². The molecule has 1 aliphatic heterocycles. The van der Waals surface area contributed by atoms with Crippen LogP contribution < -0.4 is 9.47 Å². The van der Waals surface area contributed by atoms with Gasteiger partial charge in [-0.3, -0.25) is 4.98 Å². The number of methoxy groups -OCH3 is 1. The van der Waals surface area contributed by atoms with E-state index >= 15 is 0 Å². The Bertz CT molecular complexity index is 797. The third-order valence-corrected chi connectivity index (χ3v) is 4.26. The molecule has 27 heavy (non-hydrogen) atoms. The van der Waals surface area contributed by atoms with Crippen molar-refractivity contribution in [1.82, 2.24) is 9.88 Å². The maximum atomic E-state index is 12.3. The lowest BCUT2D eigenvalue weighted by Gasteiger charge is -2.31. The maximum absolute atomic E-state index is 12.3. The molecular weight excluding hydrogens is 344 g/mol. The largest absolute Gasteiger partial charge is 0.495 e. The molecule has 0 aliphatic carbocycles. The molecule has 1 amide bonds. The van der Waals surface area contributed by atoms with Crippen LogP contribution >= 0.6 is 0 Å². The van der Waals surface area contributed by atoms with Gasteiger partial charge in [0.25, 0.3) is 0 Å². The molecule has 1 aromatic carbocycles. The number of carbonyl (C=O) groups excluding carboxylic acids is 1. The predicted molar refractivity (Wildman–Crippen MR) is 102 cm³/mol.